The third-order valence-corrected chi connectivity index (χ3v) is 3.18. The summed E-state index contributed by atoms with van der Waals surface area (Å²) in [5.41, 5.74) is 7.71. The molecular formula is C17H18N2O2. The van der Waals surface area contributed by atoms with Gasteiger partial charge in [-0.2, -0.15) is 5.26 Å². The molecule has 0 saturated heterocycles. The molecule has 0 saturated carbocycles. The molecule has 2 aromatic carbocycles. The molecule has 2 N–H and O–H groups in total. The highest BCUT2D eigenvalue weighted by molar-refractivity contribution is 5.37. The fourth-order valence-electron chi connectivity index (χ4n) is 2.11. The number of rotatable bonds is 6. The molecule has 1 unspecified atom stereocenters. The number of hydrogen-bond acceptors (Lipinski definition) is 4. The van der Waals surface area contributed by atoms with Gasteiger partial charge in [0.25, 0.3) is 0 Å². The SMILES string of the molecule is COc1ccccc1C(CN)Oc1ccc(CC#N)cc1. The van der Waals surface area contributed by atoms with Crippen LogP contribution in [0.5, 0.6) is 11.5 Å². The molecule has 0 aliphatic rings. The van der Waals surface area contributed by atoms with Crippen molar-refractivity contribution in [3.63, 3.8) is 0 Å². The van der Waals surface area contributed by atoms with E-state index in [1.165, 1.54) is 0 Å². The van der Waals surface area contributed by atoms with Crippen LogP contribution in [0.3, 0.4) is 0 Å². The van der Waals surface area contributed by atoms with E-state index in [4.69, 9.17) is 20.5 Å². The molecule has 0 aliphatic heterocycles. The number of benzene rings is 2. The average Bonchev–Trinajstić information content (AvgIpc) is 2.54. The normalized spacial score (nSPS) is 11.5. The van der Waals surface area contributed by atoms with Crippen molar-refractivity contribution < 1.29 is 9.47 Å². The standard InChI is InChI=1S/C17H18N2O2/c1-20-16-5-3-2-4-15(16)17(12-19)21-14-8-6-13(7-9-14)10-11-18/h2-9,17H,10,12,19H2,1H3. The molecule has 0 aliphatic carbocycles. The van der Waals surface area contributed by atoms with Gasteiger partial charge in [0.05, 0.1) is 19.6 Å². The van der Waals surface area contributed by atoms with Crippen LogP contribution in [-0.4, -0.2) is 13.7 Å². The first-order valence-electron chi connectivity index (χ1n) is 6.74. The van der Waals surface area contributed by atoms with Gasteiger partial charge in [0.1, 0.15) is 17.6 Å². The number of ether oxygens (including phenoxy) is 2. The molecule has 1 atom stereocenters. The van der Waals surface area contributed by atoms with E-state index >= 15 is 0 Å². The van der Waals surface area contributed by atoms with Crippen LogP contribution in [0.25, 0.3) is 0 Å². The predicted molar refractivity (Wildman–Crippen MR) is 81.2 cm³/mol. The van der Waals surface area contributed by atoms with Crippen molar-refractivity contribution in [1.29, 1.82) is 5.26 Å². The van der Waals surface area contributed by atoms with E-state index < -0.39 is 0 Å². The maximum Gasteiger partial charge on any atom is 0.139 e. The highest BCUT2D eigenvalue weighted by atomic mass is 16.5. The topological polar surface area (TPSA) is 68.3 Å². The van der Waals surface area contributed by atoms with Crippen LogP contribution in [0.4, 0.5) is 0 Å². The van der Waals surface area contributed by atoms with E-state index in [0.29, 0.717) is 13.0 Å². The van der Waals surface area contributed by atoms with Gasteiger partial charge in [-0.3, -0.25) is 0 Å². The summed E-state index contributed by atoms with van der Waals surface area (Å²) in [5, 5.41) is 8.67. The monoisotopic (exact) mass is 282 g/mol. The number of nitrogens with zero attached hydrogens (tertiary/aromatic N) is 1. The average molecular weight is 282 g/mol. The Bertz CT molecular complexity index is 617. The molecule has 0 bridgehead atoms. The van der Waals surface area contributed by atoms with Crippen LogP contribution < -0.4 is 15.2 Å². The summed E-state index contributed by atoms with van der Waals surface area (Å²) in [7, 11) is 1.63. The van der Waals surface area contributed by atoms with Crippen molar-refractivity contribution in [2.45, 2.75) is 12.5 Å². The first-order chi connectivity index (χ1) is 10.3. The van der Waals surface area contributed by atoms with Crippen molar-refractivity contribution in [3.8, 4) is 17.6 Å². The lowest BCUT2D eigenvalue weighted by atomic mass is 10.1. The van der Waals surface area contributed by atoms with Gasteiger partial charge in [-0.15, -0.1) is 0 Å². The zero-order valence-corrected chi connectivity index (χ0v) is 12.0. The second-order valence-electron chi connectivity index (χ2n) is 4.56. The van der Waals surface area contributed by atoms with E-state index in [2.05, 4.69) is 6.07 Å². The number of nitriles is 1. The predicted octanol–water partition coefficient (Wildman–Crippen LogP) is 2.84. The molecule has 21 heavy (non-hydrogen) atoms. The van der Waals surface area contributed by atoms with Gasteiger partial charge in [0.15, 0.2) is 0 Å². The van der Waals surface area contributed by atoms with Crippen LogP contribution in [0.2, 0.25) is 0 Å². The second kappa shape index (κ2) is 7.32. The lowest BCUT2D eigenvalue weighted by Gasteiger charge is -2.20. The molecule has 2 aromatic rings. The van der Waals surface area contributed by atoms with Crippen molar-refractivity contribution in [2.75, 3.05) is 13.7 Å². The molecule has 108 valence electrons. The van der Waals surface area contributed by atoms with Crippen molar-refractivity contribution in [3.05, 3.63) is 59.7 Å². The minimum atomic E-state index is -0.275. The van der Waals surface area contributed by atoms with E-state index in [9.17, 15) is 0 Å². The largest absolute Gasteiger partial charge is 0.496 e. The minimum Gasteiger partial charge on any atom is -0.496 e. The first kappa shape index (κ1) is 14.9. The van der Waals surface area contributed by atoms with Gasteiger partial charge in [-0.25, -0.2) is 0 Å². The number of methoxy groups -OCH3 is 1. The van der Waals surface area contributed by atoms with Crippen LogP contribution in [-0.2, 0) is 6.42 Å². The smallest absolute Gasteiger partial charge is 0.139 e. The molecule has 0 spiro atoms. The number of nitrogens with two attached hydrogens (primary N) is 1. The van der Waals surface area contributed by atoms with Crippen LogP contribution in [0, 0.1) is 11.3 Å². The highest BCUT2D eigenvalue weighted by Gasteiger charge is 2.16. The summed E-state index contributed by atoms with van der Waals surface area (Å²) in [6, 6.07) is 17.3. The zero-order chi connectivity index (χ0) is 15.1. The molecule has 0 aromatic heterocycles. The van der Waals surface area contributed by atoms with Gasteiger partial charge >= 0.3 is 0 Å². The summed E-state index contributed by atoms with van der Waals surface area (Å²) in [4.78, 5) is 0. The summed E-state index contributed by atoms with van der Waals surface area (Å²) in [6.45, 7) is 0.348. The van der Waals surface area contributed by atoms with Crippen LogP contribution in [0.1, 0.15) is 17.2 Å². The molecular weight excluding hydrogens is 264 g/mol. The van der Waals surface area contributed by atoms with Gasteiger partial charge in [-0.1, -0.05) is 30.3 Å². The van der Waals surface area contributed by atoms with Crippen molar-refractivity contribution >= 4 is 0 Å². The van der Waals surface area contributed by atoms with Crippen LogP contribution >= 0.6 is 0 Å². The van der Waals surface area contributed by atoms with Gasteiger partial charge in [-0.05, 0) is 23.8 Å². The highest BCUT2D eigenvalue weighted by Crippen LogP contribution is 2.28. The van der Waals surface area contributed by atoms with E-state index in [-0.39, 0.29) is 6.10 Å². The minimum absolute atomic E-state index is 0.275. The van der Waals surface area contributed by atoms with Gasteiger partial charge in [0, 0.05) is 12.1 Å². The van der Waals surface area contributed by atoms with Gasteiger partial charge < -0.3 is 15.2 Å². The molecule has 0 radical (unpaired) electrons. The fourth-order valence-corrected chi connectivity index (χ4v) is 2.11. The van der Waals surface area contributed by atoms with E-state index in [0.717, 1.165) is 22.6 Å². The summed E-state index contributed by atoms with van der Waals surface area (Å²) < 4.78 is 11.3. The lowest BCUT2D eigenvalue weighted by Crippen LogP contribution is -2.19. The fraction of sp³-hybridized carbons (Fsp3) is 0.235. The maximum absolute atomic E-state index is 8.67. The Hall–Kier alpha value is -2.51. The second-order valence-corrected chi connectivity index (χ2v) is 4.56. The molecule has 0 heterocycles. The Labute approximate surface area is 124 Å². The lowest BCUT2D eigenvalue weighted by molar-refractivity contribution is 0.209. The first-order valence-corrected chi connectivity index (χ1v) is 6.74. The Kier molecular flexibility index (Phi) is 5.19. The quantitative estimate of drug-likeness (QED) is 0.884. The summed E-state index contributed by atoms with van der Waals surface area (Å²) in [5.74, 6) is 1.48. The Morgan fingerprint density at radius 2 is 1.86 bits per heavy atom. The molecule has 4 heteroatoms. The number of para-hydroxylation sites is 1. The van der Waals surface area contributed by atoms with Crippen LogP contribution in [0.15, 0.2) is 48.5 Å². The Morgan fingerprint density at radius 1 is 1.14 bits per heavy atom. The van der Waals surface area contributed by atoms with Gasteiger partial charge in [0.2, 0.25) is 0 Å². The Morgan fingerprint density at radius 3 is 2.48 bits per heavy atom. The molecule has 0 fully saturated rings. The van der Waals surface area contributed by atoms with Crippen molar-refractivity contribution in [2.24, 2.45) is 5.73 Å². The third kappa shape index (κ3) is 3.74. The molecule has 0 amide bonds. The summed E-state index contributed by atoms with van der Waals surface area (Å²) >= 11 is 0. The summed E-state index contributed by atoms with van der Waals surface area (Å²) in [6.07, 6.45) is 0.121. The van der Waals surface area contributed by atoms with Crippen molar-refractivity contribution in [1.82, 2.24) is 0 Å². The van der Waals surface area contributed by atoms with E-state index in [1.807, 2.05) is 48.5 Å². The maximum atomic E-state index is 8.67. The Balaban J connectivity index is 2.17. The molecule has 2 rings (SSSR count). The number of hydrogen-bond donors (Lipinski definition) is 1. The third-order valence-electron chi connectivity index (χ3n) is 3.18. The molecule has 4 nitrogen and oxygen atoms in total. The van der Waals surface area contributed by atoms with E-state index in [1.54, 1.807) is 7.11 Å². The zero-order valence-electron chi connectivity index (χ0n) is 12.0.